The Hall–Kier alpha value is -0.310. The van der Waals surface area contributed by atoms with Crippen molar-refractivity contribution in [2.45, 2.75) is 38.2 Å². The van der Waals surface area contributed by atoms with Gasteiger partial charge >= 0.3 is 6.09 Å². The lowest BCUT2D eigenvalue weighted by atomic mass is 9.90. The van der Waals surface area contributed by atoms with Crippen LogP contribution in [0.5, 0.6) is 0 Å². The van der Waals surface area contributed by atoms with Crippen LogP contribution >= 0.6 is 24.8 Å². The van der Waals surface area contributed by atoms with E-state index in [1.54, 1.807) is 0 Å². The second kappa shape index (κ2) is 12.1. The molecule has 0 radical (unpaired) electrons. The standard InChI is InChI=1S/C21H39N5O2.2ClH/c1-2-23-10-12-24(13-11-23)14-15-26-18-21(28-20(26)27)5-8-25(9-6-21)17-19-4-3-7-22-16-19;;/h19,22H,2-18H2,1H3;2*1H. The second-order valence-electron chi connectivity index (χ2n) is 9.26. The molecule has 0 saturated carbocycles. The zero-order valence-corrected chi connectivity index (χ0v) is 20.2. The number of likely N-dealkylation sites (N-methyl/N-ethyl adjacent to an activating group) is 1. The largest absolute Gasteiger partial charge is 0.441 e. The third-order valence-electron chi connectivity index (χ3n) is 7.32. The van der Waals surface area contributed by atoms with Crippen LogP contribution in [0.1, 0.15) is 32.6 Å². The summed E-state index contributed by atoms with van der Waals surface area (Å²) >= 11 is 0. The van der Waals surface area contributed by atoms with E-state index in [1.165, 1.54) is 25.9 Å². The molecule has 0 bridgehead atoms. The molecule has 4 aliphatic rings. The molecule has 1 unspecified atom stereocenters. The number of halogens is 2. The van der Waals surface area contributed by atoms with Crippen LogP contribution in [-0.4, -0.2) is 116 Å². The Bertz CT molecular complexity index is 520. The van der Waals surface area contributed by atoms with Gasteiger partial charge in [-0.25, -0.2) is 4.79 Å². The molecule has 0 aromatic carbocycles. The number of likely N-dealkylation sites (tertiary alicyclic amines) is 1. The molecule has 1 atom stereocenters. The van der Waals surface area contributed by atoms with Gasteiger partial charge in [-0.2, -0.15) is 0 Å². The predicted octanol–water partition coefficient (Wildman–Crippen LogP) is 1.75. The summed E-state index contributed by atoms with van der Waals surface area (Å²) in [5.41, 5.74) is -0.223. The van der Waals surface area contributed by atoms with Crippen LogP contribution in [-0.2, 0) is 4.74 Å². The molecule has 9 heteroatoms. The van der Waals surface area contributed by atoms with Gasteiger partial charge in [0, 0.05) is 71.7 Å². The van der Waals surface area contributed by atoms with Gasteiger partial charge in [-0.15, -0.1) is 24.8 Å². The van der Waals surface area contributed by atoms with Crippen LogP contribution in [0, 0.1) is 5.92 Å². The number of nitrogens with one attached hydrogen (secondary N) is 1. The molecule has 0 aliphatic carbocycles. The maximum Gasteiger partial charge on any atom is 0.410 e. The highest BCUT2D eigenvalue weighted by atomic mass is 35.5. The lowest BCUT2D eigenvalue weighted by Gasteiger charge is -2.39. The highest BCUT2D eigenvalue weighted by molar-refractivity contribution is 5.85. The SMILES string of the molecule is CCN1CCN(CCN2CC3(CCN(CC4CCCNC4)CC3)OC2=O)CC1.Cl.Cl. The minimum atomic E-state index is -0.223. The smallest absolute Gasteiger partial charge is 0.410 e. The van der Waals surface area contributed by atoms with Gasteiger partial charge < -0.3 is 24.8 Å². The van der Waals surface area contributed by atoms with Crippen molar-refractivity contribution in [3.8, 4) is 0 Å². The van der Waals surface area contributed by atoms with E-state index in [1.807, 2.05) is 4.90 Å². The monoisotopic (exact) mass is 465 g/mol. The van der Waals surface area contributed by atoms with Crippen LogP contribution in [0.4, 0.5) is 4.79 Å². The van der Waals surface area contributed by atoms with Gasteiger partial charge in [0.2, 0.25) is 0 Å². The summed E-state index contributed by atoms with van der Waals surface area (Å²) in [6, 6.07) is 0. The Balaban J connectivity index is 0.00000160. The highest BCUT2D eigenvalue weighted by Crippen LogP contribution is 2.33. The van der Waals surface area contributed by atoms with Gasteiger partial charge in [0.1, 0.15) is 5.60 Å². The van der Waals surface area contributed by atoms with E-state index in [9.17, 15) is 4.79 Å². The summed E-state index contributed by atoms with van der Waals surface area (Å²) in [5, 5.41) is 3.52. The molecule has 4 fully saturated rings. The van der Waals surface area contributed by atoms with Crippen molar-refractivity contribution in [1.29, 1.82) is 0 Å². The van der Waals surface area contributed by atoms with Crippen molar-refractivity contribution in [2.24, 2.45) is 5.92 Å². The fourth-order valence-corrected chi connectivity index (χ4v) is 5.30. The lowest BCUT2D eigenvalue weighted by Crippen LogP contribution is -2.50. The third-order valence-corrected chi connectivity index (χ3v) is 7.32. The lowest BCUT2D eigenvalue weighted by molar-refractivity contribution is -0.00340. The quantitative estimate of drug-likeness (QED) is 0.644. The number of hydrogen-bond acceptors (Lipinski definition) is 6. The number of piperidine rings is 2. The van der Waals surface area contributed by atoms with E-state index in [0.717, 1.165) is 90.8 Å². The summed E-state index contributed by atoms with van der Waals surface area (Å²) < 4.78 is 5.94. The van der Waals surface area contributed by atoms with E-state index in [-0.39, 0.29) is 36.5 Å². The van der Waals surface area contributed by atoms with Gasteiger partial charge in [-0.3, -0.25) is 4.90 Å². The summed E-state index contributed by atoms with van der Waals surface area (Å²) in [7, 11) is 0. The first-order valence-corrected chi connectivity index (χ1v) is 11.5. The van der Waals surface area contributed by atoms with Gasteiger partial charge in [0.05, 0.1) is 6.54 Å². The molecule has 4 rings (SSSR count). The normalized spacial score (nSPS) is 28.1. The van der Waals surface area contributed by atoms with Crippen LogP contribution in [0.3, 0.4) is 0 Å². The molecular weight excluding hydrogens is 425 g/mol. The number of nitrogens with zero attached hydrogens (tertiary/aromatic N) is 4. The van der Waals surface area contributed by atoms with E-state index >= 15 is 0 Å². The van der Waals surface area contributed by atoms with Crippen LogP contribution < -0.4 is 5.32 Å². The Morgan fingerprint density at radius 2 is 1.70 bits per heavy atom. The average molecular weight is 466 g/mol. The first-order valence-electron chi connectivity index (χ1n) is 11.5. The van der Waals surface area contributed by atoms with Crippen molar-refractivity contribution in [1.82, 2.24) is 24.9 Å². The number of piperazine rings is 1. The molecule has 1 N–H and O–H groups in total. The van der Waals surface area contributed by atoms with Crippen molar-refractivity contribution < 1.29 is 9.53 Å². The maximum atomic E-state index is 12.5. The summed E-state index contributed by atoms with van der Waals surface area (Å²) in [5.74, 6) is 0.790. The number of ether oxygens (including phenoxy) is 1. The average Bonchev–Trinajstić information content (AvgIpc) is 3.04. The fourth-order valence-electron chi connectivity index (χ4n) is 5.30. The molecule has 30 heavy (non-hydrogen) atoms. The second-order valence-corrected chi connectivity index (χ2v) is 9.26. The van der Waals surface area contributed by atoms with E-state index in [4.69, 9.17) is 4.74 Å². The molecule has 0 aromatic rings. The van der Waals surface area contributed by atoms with E-state index < -0.39 is 0 Å². The summed E-state index contributed by atoms with van der Waals surface area (Å²) in [6.45, 7) is 16.2. The van der Waals surface area contributed by atoms with Crippen molar-refractivity contribution in [3.63, 3.8) is 0 Å². The zero-order valence-electron chi connectivity index (χ0n) is 18.5. The number of rotatable bonds is 6. The van der Waals surface area contributed by atoms with E-state index in [2.05, 4.69) is 26.9 Å². The first-order chi connectivity index (χ1) is 13.7. The molecule has 7 nitrogen and oxygen atoms in total. The number of carbonyl (C=O) groups is 1. The van der Waals surface area contributed by atoms with Crippen molar-refractivity contribution >= 4 is 30.9 Å². The van der Waals surface area contributed by atoms with Gasteiger partial charge in [0.25, 0.3) is 0 Å². The zero-order chi connectivity index (χ0) is 19.4. The van der Waals surface area contributed by atoms with Crippen LogP contribution in [0.2, 0.25) is 0 Å². The van der Waals surface area contributed by atoms with Crippen molar-refractivity contribution in [3.05, 3.63) is 0 Å². The molecule has 1 amide bonds. The van der Waals surface area contributed by atoms with E-state index in [0.29, 0.717) is 0 Å². The maximum absolute atomic E-state index is 12.5. The van der Waals surface area contributed by atoms with Gasteiger partial charge in [0.15, 0.2) is 0 Å². The minimum absolute atomic E-state index is 0. The number of carbonyl (C=O) groups excluding carboxylic acids is 1. The molecule has 4 saturated heterocycles. The molecule has 0 aromatic heterocycles. The predicted molar refractivity (Wildman–Crippen MR) is 125 cm³/mol. The highest BCUT2D eigenvalue weighted by Gasteiger charge is 2.46. The molecule has 4 heterocycles. The van der Waals surface area contributed by atoms with Gasteiger partial charge in [-0.05, 0) is 38.4 Å². The first kappa shape index (κ1) is 25.9. The number of hydrogen-bond donors (Lipinski definition) is 1. The third kappa shape index (κ3) is 6.59. The van der Waals surface area contributed by atoms with Crippen LogP contribution in [0.25, 0.3) is 0 Å². The Labute approximate surface area is 194 Å². The van der Waals surface area contributed by atoms with Crippen molar-refractivity contribution in [2.75, 3.05) is 85.1 Å². The molecule has 176 valence electrons. The number of amides is 1. The molecule has 1 spiro atoms. The topological polar surface area (TPSA) is 51.3 Å². The van der Waals surface area contributed by atoms with Gasteiger partial charge in [-0.1, -0.05) is 6.92 Å². The molecule has 4 aliphatic heterocycles. The Morgan fingerprint density at radius 1 is 1.00 bits per heavy atom. The summed E-state index contributed by atoms with van der Waals surface area (Å²) in [4.78, 5) is 22.0. The summed E-state index contributed by atoms with van der Waals surface area (Å²) in [6.07, 6.45) is 4.55. The van der Waals surface area contributed by atoms with Crippen LogP contribution in [0.15, 0.2) is 0 Å². The minimum Gasteiger partial charge on any atom is -0.441 e. The molecular formula is C21H41Cl2N5O2. The Kier molecular flexibility index (Phi) is 10.4. The Morgan fingerprint density at radius 3 is 2.33 bits per heavy atom. The fraction of sp³-hybridized carbons (Fsp3) is 0.952.